The summed E-state index contributed by atoms with van der Waals surface area (Å²) in [6.07, 6.45) is 6.10. The minimum atomic E-state index is 0. The van der Waals surface area contributed by atoms with Crippen LogP contribution in [0.1, 0.15) is 44.6 Å². The molecule has 0 aromatic heterocycles. The van der Waals surface area contributed by atoms with E-state index < -0.39 is 0 Å². The molecule has 0 spiro atoms. The van der Waals surface area contributed by atoms with E-state index in [2.05, 4.69) is 39.6 Å². The summed E-state index contributed by atoms with van der Waals surface area (Å²) in [5.41, 5.74) is 1.64. The fraction of sp³-hybridized carbons (Fsp3) is 0.650. The van der Waals surface area contributed by atoms with E-state index in [0.717, 1.165) is 17.5 Å². The minimum Gasteiger partial charge on any atom is -0.356 e. The van der Waals surface area contributed by atoms with Gasteiger partial charge in [0, 0.05) is 43.2 Å². The van der Waals surface area contributed by atoms with Gasteiger partial charge in [-0.3, -0.25) is 4.99 Å². The van der Waals surface area contributed by atoms with Crippen molar-refractivity contribution in [2.45, 2.75) is 50.5 Å². The molecule has 1 aliphatic heterocycles. The van der Waals surface area contributed by atoms with Crippen LogP contribution in [0.4, 0.5) is 0 Å². The zero-order chi connectivity index (χ0) is 17.7. The van der Waals surface area contributed by atoms with Gasteiger partial charge in [-0.2, -0.15) is 0 Å². The number of rotatable bonds is 6. The number of piperidine rings is 1. The summed E-state index contributed by atoms with van der Waals surface area (Å²) in [6, 6.07) is 8.85. The lowest BCUT2D eigenvalue weighted by molar-refractivity contribution is 0.206. The van der Waals surface area contributed by atoms with Crippen LogP contribution in [0.3, 0.4) is 0 Å². The van der Waals surface area contributed by atoms with Gasteiger partial charge in [0.05, 0.1) is 0 Å². The lowest BCUT2D eigenvalue weighted by atomic mass is 9.96. The second kappa shape index (κ2) is 10.1. The van der Waals surface area contributed by atoms with Gasteiger partial charge in [-0.25, -0.2) is 0 Å². The molecule has 1 heterocycles. The maximum absolute atomic E-state index is 6.02. The normalized spacial score (nSPS) is 20.3. The Balaban J connectivity index is 0.00000243. The summed E-state index contributed by atoms with van der Waals surface area (Å²) in [7, 11) is 1.86. The Labute approximate surface area is 180 Å². The highest BCUT2D eigenvalue weighted by Gasteiger charge is 2.44. The number of hydrogen-bond acceptors (Lipinski definition) is 2. The Morgan fingerprint density at radius 3 is 2.42 bits per heavy atom. The van der Waals surface area contributed by atoms with E-state index in [0.29, 0.717) is 6.04 Å². The molecule has 2 aliphatic rings. The number of nitrogens with zero attached hydrogens (tertiary/aromatic N) is 2. The number of likely N-dealkylation sites (tertiary alicyclic amines) is 1. The second-order valence-electron chi connectivity index (χ2n) is 7.47. The molecule has 0 unspecified atom stereocenters. The van der Waals surface area contributed by atoms with Gasteiger partial charge >= 0.3 is 0 Å². The van der Waals surface area contributed by atoms with Gasteiger partial charge < -0.3 is 15.5 Å². The Bertz CT molecular complexity index is 578. The Morgan fingerprint density at radius 1 is 1.23 bits per heavy atom. The van der Waals surface area contributed by atoms with Gasteiger partial charge in [0.1, 0.15) is 0 Å². The van der Waals surface area contributed by atoms with E-state index in [4.69, 9.17) is 11.6 Å². The summed E-state index contributed by atoms with van der Waals surface area (Å²) in [5, 5.41) is 7.99. The average Bonchev–Trinajstić information content (AvgIpc) is 3.42. The molecule has 2 N–H and O–H groups in total. The van der Waals surface area contributed by atoms with Crippen LogP contribution < -0.4 is 10.6 Å². The molecule has 0 atom stereocenters. The molecule has 1 aliphatic carbocycles. The van der Waals surface area contributed by atoms with Crippen molar-refractivity contribution in [2.75, 3.05) is 33.2 Å². The fourth-order valence-electron chi connectivity index (χ4n) is 3.78. The number of nitrogens with one attached hydrogen (secondary N) is 2. The van der Waals surface area contributed by atoms with Crippen LogP contribution >= 0.6 is 35.6 Å². The Hall–Kier alpha value is -0.530. The molecule has 1 aromatic rings. The molecular weight excluding hydrogens is 459 g/mol. The molecular formula is C20H32ClIN4. The minimum absolute atomic E-state index is 0. The lowest BCUT2D eigenvalue weighted by Crippen LogP contribution is -2.49. The van der Waals surface area contributed by atoms with Crippen LogP contribution in [-0.4, -0.2) is 50.1 Å². The van der Waals surface area contributed by atoms with Gasteiger partial charge in [0.25, 0.3) is 0 Å². The number of halogens is 2. The molecule has 1 saturated carbocycles. The van der Waals surface area contributed by atoms with Crippen LogP contribution in [-0.2, 0) is 5.41 Å². The molecule has 0 amide bonds. The monoisotopic (exact) mass is 490 g/mol. The van der Waals surface area contributed by atoms with Gasteiger partial charge in [0.2, 0.25) is 0 Å². The first kappa shape index (κ1) is 21.8. The van der Waals surface area contributed by atoms with Gasteiger partial charge in [-0.1, -0.05) is 30.7 Å². The fourth-order valence-corrected chi connectivity index (χ4v) is 3.91. The summed E-state index contributed by atoms with van der Waals surface area (Å²) in [6.45, 7) is 6.80. The standard InChI is InChI=1S/C20H31ClN4.HI/c1-3-12-25-13-8-18(9-14-25)24-19(22-2)23-15-20(10-11-20)16-4-6-17(21)7-5-16;/h4-7,18H,3,8-15H2,1-2H3,(H2,22,23,24);1H. The maximum Gasteiger partial charge on any atom is 0.191 e. The van der Waals surface area contributed by atoms with Crippen molar-refractivity contribution in [1.82, 2.24) is 15.5 Å². The molecule has 26 heavy (non-hydrogen) atoms. The van der Waals surface area contributed by atoms with Crippen LogP contribution in [0.5, 0.6) is 0 Å². The number of benzene rings is 1. The zero-order valence-corrected chi connectivity index (χ0v) is 19.0. The Morgan fingerprint density at radius 2 is 1.88 bits per heavy atom. The zero-order valence-electron chi connectivity index (χ0n) is 15.9. The molecule has 6 heteroatoms. The first-order valence-corrected chi connectivity index (χ1v) is 9.98. The third-order valence-electron chi connectivity index (χ3n) is 5.60. The summed E-state index contributed by atoms with van der Waals surface area (Å²) >= 11 is 6.02. The van der Waals surface area contributed by atoms with E-state index in [9.17, 15) is 0 Å². The predicted octanol–water partition coefficient (Wildman–Crippen LogP) is 4.03. The van der Waals surface area contributed by atoms with E-state index in [-0.39, 0.29) is 29.4 Å². The van der Waals surface area contributed by atoms with Crippen molar-refractivity contribution >= 4 is 41.5 Å². The third-order valence-corrected chi connectivity index (χ3v) is 5.85. The van der Waals surface area contributed by atoms with Crippen LogP contribution in [0, 0.1) is 0 Å². The third kappa shape index (κ3) is 5.73. The van der Waals surface area contributed by atoms with Crippen LogP contribution in [0.15, 0.2) is 29.3 Å². The molecule has 0 radical (unpaired) electrons. The number of aliphatic imine (C=N–C) groups is 1. The molecule has 2 fully saturated rings. The average molecular weight is 491 g/mol. The quantitative estimate of drug-likeness (QED) is 0.359. The molecule has 4 nitrogen and oxygen atoms in total. The van der Waals surface area contributed by atoms with Crippen molar-refractivity contribution in [3.63, 3.8) is 0 Å². The topological polar surface area (TPSA) is 39.7 Å². The number of hydrogen-bond donors (Lipinski definition) is 2. The summed E-state index contributed by atoms with van der Waals surface area (Å²) in [5.74, 6) is 0.939. The first-order chi connectivity index (χ1) is 12.1. The van der Waals surface area contributed by atoms with E-state index in [1.807, 2.05) is 19.2 Å². The van der Waals surface area contributed by atoms with Gasteiger partial charge in [-0.15, -0.1) is 24.0 Å². The maximum atomic E-state index is 6.02. The van der Waals surface area contributed by atoms with Gasteiger partial charge in [0.15, 0.2) is 5.96 Å². The van der Waals surface area contributed by atoms with Crippen molar-refractivity contribution in [3.8, 4) is 0 Å². The van der Waals surface area contributed by atoms with Crippen molar-refractivity contribution in [2.24, 2.45) is 4.99 Å². The predicted molar refractivity (Wildman–Crippen MR) is 122 cm³/mol. The highest BCUT2D eigenvalue weighted by molar-refractivity contribution is 14.0. The highest BCUT2D eigenvalue weighted by Crippen LogP contribution is 2.47. The van der Waals surface area contributed by atoms with Crippen LogP contribution in [0.25, 0.3) is 0 Å². The molecule has 3 rings (SSSR count). The lowest BCUT2D eigenvalue weighted by Gasteiger charge is -2.33. The highest BCUT2D eigenvalue weighted by atomic mass is 127. The van der Waals surface area contributed by atoms with Crippen molar-refractivity contribution < 1.29 is 0 Å². The van der Waals surface area contributed by atoms with E-state index in [1.54, 1.807) is 0 Å². The van der Waals surface area contributed by atoms with E-state index in [1.165, 1.54) is 57.3 Å². The molecule has 1 aromatic carbocycles. The SMILES string of the molecule is CCCN1CCC(NC(=NC)NCC2(c3ccc(Cl)cc3)CC2)CC1.I. The van der Waals surface area contributed by atoms with Crippen LogP contribution in [0.2, 0.25) is 5.02 Å². The Kier molecular flexibility index (Phi) is 8.48. The van der Waals surface area contributed by atoms with Gasteiger partial charge in [-0.05, 0) is 56.3 Å². The molecule has 0 bridgehead atoms. The largest absolute Gasteiger partial charge is 0.356 e. The smallest absolute Gasteiger partial charge is 0.191 e. The molecule has 1 saturated heterocycles. The van der Waals surface area contributed by atoms with E-state index >= 15 is 0 Å². The summed E-state index contributed by atoms with van der Waals surface area (Å²) in [4.78, 5) is 7.00. The first-order valence-electron chi connectivity index (χ1n) is 9.61. The van der Waals surface area contributed by atoms with Crippen molar-refractivity contribution in [1.29, 1.82) is 0 Å². The van der Waals surface area contributed by atoms with Crippen molar-refractivity contribution in [3.05, 3.63) is 34.9 Å². The summed E-state index contributed by atoms with van der Waals surface area (Å²) < 4.78 is 0. The second-order valence-corrected chi connectivity index (χ2v) is 7.91. The molecule has 146 valence electrons. The number of guanidine groups is 1.